The van der Waals surface area contributed by atoms with Gasteiger partial charge in [-0.1, -0.05) is 0 Å². The van der Waals surface area contributed by atoms with E-state index in [-0.39, 0.29) is 0 Å². The Morgan fingerprint density at radius 2 is 2.12 bits per heavy atom. The summed E-state index contributed by atoms with van der Waals surface area (Å²) in [4.78, 5) is 8.70. The van der Waals surface area contributed by atoms with Crippen LogP contribution in [0.2, 0.25) is 0 Å². The van der Waals surface area contributed by atoms with Crippen molar-refractivity contribution in [1.29, 1.82) is 0 Å². The summed E-state index contributed by atoms with van der Waals surface area (Å²) in [5, 5.41) is 0. The number of nitrogens with two attached hydrogens (primary N) is 1. The second kappa shape index (κ2) is 3.61. The molecular weight excluding hydrogens is 206 g/mol. The third kappa shape index (κ3) is 1.37. The molecule has 16 heavy (non-hydrogen) atoms. The number of nitrogens with zero attached hydrogens (tertiary/aromatic N) is 2. The lowest BCUT2D eigenvalue weighted by Gasteiger charge is -2.19. The predicted octanol–water partition coefficient (Wildman–Crippen LogP) is 0.860. The Morgan fingerprint density at radius 1 is 1.25 bits per heavy atom. The van der Waals surface area contributed by atoms with Gasteiger partial charge >= 0.3 is 0 Å². The molecule has 82 valence electrons. The molecule has 0 bridgehead atoms. The van der Waals surface area contributed by atoms with Crippen molar-refractivity contribution in [3.63, 3.8) is 0 Å². The van der Waals surface area contributed by atoms with E-state index in [1.807, 2.05) is 12.1 Å². The van der Waals surface area contributed by atoms with Crippen molar-refractivity contribution in [2.75, 3.05) is 13.2 Å². The van der Waals surface area contributed by atoms with Crippen LogP contribution in [0.25, 0.3) is 11.0 Å². The summed E-state index contributed by atoms with van der Waals surface area (Å²) in [5.41, 5.74) is 7.80. The Labute approximate surface area is 92.2 Å². The van der Waals surface area contributed by atoms with Crippen molar-refractivity contribution >= 4 is 11.0 Å². The molecule has 0 fully saturated rings. The highest BCUT2D eigenvalue weighted by Gasteiger charge is 2.16. The maximum atomic E-state index is 5.55. The maximum absolute atomic E-state index is 5.55. The SMILES string of the molecule is NCc1cnc2c3c(ccc2n1)OCCO3. The topological polar surface area (TPSA) is 70.3 Å². The maximum Gasteiger partial charge on any atom is 0.189 e. The molecule has 0 saturated carbocycles. The van der Waals surface area contributed by atoms with Gasteiger partial charge in [-0.2, -0.15) is 0 Å². The van der Waals surface area contributed by atoms with E-state index in [4.69, 9.17) is 15.2 Å². The molecule has 3 rings (SSSR count). The summed E-state index contributed by atoms with van der Waals surface area (Å²) in [6, 6.07) is 3.72. The van der Waals surface area contributed by atoms with Gasteiger partial charge in [-0.25, -0.2) is 9.97 Å². The van der Waals surface area contributed by atoms with Crippen LogP contribution in [0, 0.1) is 0 Å². The van der Waals surface area contributed by atoms with Gasteiger partial charge in [0.05, 0.1) is 17.4 Å². The normalized spacial score (nSPS) is 14.1. The summed E-state index contributed by atoms with van der Waals surface area (Å²) in [5.74, 6) is 1.41. The third-order valence-corrected chi connectivity index (χ3v) is 2.48. The first-order chi connectivity index (χ1) is 7.88. The Kier molecular flexibility index (Phi) is 2.11. The molecule has 0 atom stereocenters. The van der Waals surface area contributed by atoms with Crippen molar-refractivity contribution in [1.82, 2.24) is 9.97 Å². The molecule has 2 aromatic rings. The summed E-state index contributed by atoms with van der Waals surface area (Å²) >= 11 is 0. The number of hydrogen-bond acceptors (Lipinski definition) is 5. The number of aromatic nitrogens is 2. The fraction of sp³-hybridized carbons (Fsp3) is 0.273. The molecule has 0 amide bonds. The van der Waals surface area contributed by atoms with Crippen LogP contribution in [0.5, 0.6) is 11.5 Å². The molecule has 0 spiro atoms. The van der Waals surface area contributed by atoms with E-state index in [1.165, 1.54) is 0 Å². The van der Waals surface area contributed by atoms with E-state index in [1.54, 1.807) is 6.20 Å². The number of rotatable bonds is 1. The fourth-order valence-electron chi connectivity index (χ4n) is 1.73. The largest absolute Gasteiger partial charge is 0.486 e. The summed E-state index contributed by atoms with van der Waals surface area (Å²) in [7, 11) is 0. The lowest BCUT2D eigenvalue weighted by Crippen LogP contribution is -2.16. The summed E-state index contributed by atoms with van der Waals surface area (Å²) < 4.78 is 11.0. The van der Waals surface area contributed by atoms with E-state index < -0.39 is 0 Å². The van der Waals surface area contributed by atoms with Crippen molar-refractivity contribution in [3.8, 4) is 11.5 Å². The van der Waals surface area contributed by atoms with Crippen molar-refractivity contribution in [3.05, 3.63) is 24.0 Å². The number of fused-ring (bicyclic) bond motifs is 3. The van der Waals surface area contributed by atoms with Crippen LogP contribution in [-0.4, -0.2) is 23.2 Å². The number of benzene rings is 1. The Balaban J connectivity index is 2.24. The van der Waals surface area contributed by atoms with Crippen LogP contribution < -0.4 is 15.2 Å². The molecule has 5 heteroatoms. The Hall–Kier alpha value is -1.88. The molecule has 0 aliphatic carbocycles. The lowest BCUT2D eigenvalue weighted by molar-refractivity contribution is 0.173. The Morgan fingerprint density at radius 3 is 3.00 bits per heavy atom. The van der Waals surface area contributed by atoms with Crippen LogP contribution in [0.3, 0.4) is 0 Å². The molecule has 1 aliphatic rings. The minimum atomic E-state index is 0.386. The van der Waals surface area contributed by atoms with Gasteiger partial charge in [0.15, 0.2) is 11.5 Å². The zero-order valence-electron chi connectivity index (χ0n) is 8.64. The first-order valence-electron chi connectivity index (χ1n) is 5.13. The van der Waals surface area contributed by atoms with Crippen LogP contribution >= 0.6 is 0 Å². The second-order valence-electron chi connectivity index (χ2n) is 3.52. The number of ether oxygens (including phenoxy) is 2. The van der Waals surface area contributed by atoms with Gasteiger partial charge in [-0.15, -0.1) is 0 Å². The third-order valence-electron chi connectivity index (χ3n) is 2.48. The molecule has 2 N–H and O–H groups in total. The van der Waals surface area contributed by atoms with E-state index in [2.05, 4.69) is 9.97 Å². The van der Waals surface area contributed by atoms with E-state index in [0.717, 1.165) is 22.5 Å². The standard InChI is InChI=1S/C11H11N3O2/c12-5-7-6-13-10-8(14-7)1-2-9-11(10)16-4-3-15-9/h1-2,6H,3-5,12H2. The van der Waals surface area contributed by atoms with E-state index in [0.29, 0.717) is 25.5 Å². The fourth-order valence-corrected chi connectivity index (χ4v) is 1.73. The minimum absolute atomic E-state index is 0.386. The van der Waals surface area contributed by atoms with Crippen LogP contribution in [0.4, 0.5) is 0 Å². The molecular formula is C11H11N3O2. The first kappa shape index (κ1) is 9.35. The lowest BCUT2D eigenvalue weighted by atomic mass is 10.2. The van der Waals surface area contributed by atoms with Gasteiger partial charge < -0.3 is 15.2 Å². The summed E-state index contributed by atoms with van der Waals surface area (Å²) in [6.45, 7) is 1.51. The van der Waals surface area contributed by atoms with Crippen molar-refractivity contribution < 1.29 is 9.47 Å². The molecule has 1 aromatic heterocycles. The highest BCUT2D eigenvalue weighted by atomic mass is 16.6. The predicted molar refractivity (Wildman–Crippen MR) is 58.4 cm³/mol. The zero-order chi connectivity index (χ0) is 11.0. The van der Waals surface area contributed by atoms with E-state index >= 15 is 0 Å². The molecule has 1 aromatic carbocycles. The Bertz CT molecular complexity index is 542. The second-order valence-corrected chi connectivity index (χ2v) is 3.52. The highest BCUT2D eigenvalue weighted by molar-refractivity contribution is 5.84. The van der Waals surface area contributed by atoms with E-state index in [9.17, 15) is 0 Å². The quantitative estimate of drug-likeness (QED) is 0.767. The molecule has 2 heterocycles. The van der Waals surface area contributed by atoms with Crippen LogP contribution in [0.15, 0.2) is 18.3 Å². The van der Waals surface area contributed by atoms with Gasteiger partial charge in [0.2, 0.25) is 0 Å². The first-order valence-corrected chi connectivity index (χ1v) is 5.13. The van der Waals surface area contributed by atoms with Crippen molar-refractivity contribution in [2.45, 2.75) is 6.54 Å². The summed E-state index contributed by atoms with van der Waals surface area (Å²) in [6.07, 6.45) is 1.67. The van der Waals surface area contributed by atoms with Gasteiger partial charge in [0.25, 0.3) is 0 Å². The molecule has 1 aliphatic heterocycles. The van der Waals surface area contributed by atoms with Crippen molar-refractivity contribution in [2.24, 2.45) is 5.73 Å². The van der Waals surface area contributed by atoms with Crippen LogP contribution in [0.1, 0.15) is 5.69 Å². The average molecular weight is 217 g/mol. The monoisotopic (exact) mass is 217 g/mol. The van der Waals surface area contributed by atoms with Gasteiger partial charge in [-0.05, 0) is 12.1 Å². The average Bonchev–Trinajstić information content (AvgIpc) is 2.38. The van der Waals surface area contributed by atoms with Gasteiger partial charge in [0, 0.05) is 6.54 Å². The minimum Gasteiger partial charge on any atom is -0.486 e. The number of hydrogen-bond donors (Lipinski definition) is 1. The van der Waals surface area contributed by atoms with Gasteiger partial charge in [-0.3, -0.25) is 0 Å². The highest BCUT2D eigenvalue weighted by Crippen LogP contribution is 2.35. The molecule has 0 unspecified atom stereocenters. The zero-order valence-corrected chi connectivity index (χ0v) is 8.64. The molecule has 0 saturated heterocycles. The van der Waals surface area contributed by atoms with Gasteiger partial charge in [0.1, 0.15) is 18.7 Å². The molecule has 0 radical (unpaired) electrons. The smallest absolute Gasteiger partial charge is 0.189 e. The van der Waals surface area contributed by atoms with Crippen LogP contribution in [-0.2, 0) is 6.54 Å². The molecule has 5 nitrogen and oxygen atoms in total.